The van der Waals surface area contributed by atoms with E-state index in [4.69, 9.17) is 0 Å². The van der Waals surface area contributed by atoms with Crippen LogP contribution in [0.2, 0.25) is 0 Å². The smallest absolute Gasteiger partial charge is 0.188 e. The van der Waals surface area contributed by atoms with Gasteiger partial charge in [-0.3, -0.25) is 4.79 Å². The van der Waals surface area contributed by atoms with Crippen LogP contribution in [0.5, 0.6) is 0 Å². The van der Waals surface area contributed by atoms with Crippen molar-refractivity contribution in [3.63, 3.8) is 0 Å². The number of thiazole rings is 1. The molecule has 0 saturated heterocycles. The van der Waals surface area contributed by atoms with Crippen LogP contribution < -0.4 is 0 Å². The van der Waals surface area contributed by atoms with E-state index in [0.29, 0.717) is 0 Å². The molecule has 0 aliphatic heterocycles. The van der Waals surface area contributed by atoms with Crippen molar-refractivity contribution < 1.29 is 13.2 Å². The highest BCUT2D eigenvalue weighted by molar-refractivity contribution is 7.92. The molecule has 0 N–H and O–H groups in total. The third-order valence-electron chi connectivity index (χ3n) is 1.15. The Morgan fingerprint density at radius 2 is 1.93 bits per heavy atom. The first-order valence-corrected chi connectivity index (χ1v) is 6.79. The van der Waals surface area contributed by atoms with Gasteiger partial charge in [0.15, 0.2) is 20.6 Å². The third kappa shape index (κ3) is 3.55. The van der Waals surface area contributed by atoms with E-state index in [1.54, 1.807) is 0 Å². The number of carbonyl (C=O) groups excluding carboxylic acids is 1. The van der Waals surface area contributed by atoms with Gasteiger partial charge in [-0.2, -0.15) is 0 Å². The SMILES string of the molecule is CC.CC(=O)c1ncc(S(C)(=O)=O)s1. The highest BCUT2D eigenvalue weighted by Gasteiger charge is 2.13. The minimum atomic E-state index is -3.21. The summed E-state index contributed by atoms with van der Waals surface area (Å²) < 4.78 is 22.0. The van der Waals surface area contributed by atoms with Gasteiger partial charge in [0.1, 0.15) is 4.21 Å². The number of hydrogen-bond donors (Lipinski definition) is 0. The molecular formula is C8H13NO3S2. The Kier molecular flexibility index (Phi) is 4.93. The largest absolute Gasteiger partial charge is 0.292 e. The summed E-state index contributed by atoms with van der Waals surface area (Å²) in [4.78, 5) is 14.4. The van der Waals surface area contributed by atoms with Crippen LogP contribution in [0.1, 0.15) is 30.6 Å². The molecule has 0 aromatic carbocycles. The van der Waals surface area contributed by atoms with Crippen molar-refractivity contribution in [3.05, 3.63) is 11.2 Å². The fraction of sp³-hybridized carbons (Fsp3) is 0.500. The summed E-state index contributed by atoms with van der Waals surface area (Å²) in [7, 11) is -3.21. The zero-order valence-corrected chi connectivity index (χ0v) is 10.2. The van der Waals surface area contributed by atoms with Crippen LogP contribution in [0, 0.1) is 0 Å². The van der Waals surface area contributed by atoms with Gasteiger partial charge in [0, 0.05) is 13.2 Å². The first kappa shape index (κ1) is 13.2. The van der Waals surface area contributed by atoms with Crippen molar-refractivity contribution in [1.29, 1.82) is 0 Å². The maximum atomic E-state index is 10.9. The Morgan fingerprint density at radius 1 is 1.43 bits per heavy atom. The number of Topliss-reactive ketones (excluding diaryl/α,β-unsaturated/α-hetero) is 1. The lowest BCUT2D eigenvalue weighted by Gasteiger charge is -1.86. The normalized spacial score (nSPS) is 10.3. The van der Waals surface area contributed by atoms with Crippen LogP contribution in [0.3, 0.4) is 0 Å². The van der Waals surface area contributed by atoms with Crippen LogP contribution in [-0.2, 0) is 9.84 Å². The molecule has 1 aromatic heterocycles. The number of hydrogen-bond acceptors (Lipinski definition) is 5. The number of rotatable bonds is 2. The minimum absolute atomic E-state index is 0.132. The quantitative estimate of drug-likeness (QED) is 0.733. The Morgan fingerprint density at radius 3 is 2.14 bits per heavy atom. The van der Waals surface area contributed by atoms with E-state index < -0.39 is 9.84 Å². The number of ketones is 1. The number of nitrogens with zero attached hydrogens (tertiary/aromatic N) is 1. The maximum Gasteiger partial charge on any atom is 0.188 e. The Hall–Kier alpha value is -0.750. The first-order chi connectivity index (χ1) is 6.41. The van der Waals surface area contributed by atoms with Gasteiger partial charge in [-0.05, 0) is 0 Å². The van der Waals surface area contributed by atoms with Gasteiger partial charge in [0.05, 0.1) is 6.20 Å². The molecule has 0 aliphatic rings. The highest BCUT2D eigenvalue weighted by atomic mass is 32.2. The maximum absolute atomic E-state index is 10.9. The predicted molar refractivity (Wildman–Crippen MR) is 56.6 cm³/mol. The monoisotopic (exact) mass is 235 g/mol. The Labute approximate surface area is 87.9 Å². The summed E-state index contributed by atoms with van der Waals surface area (Å²) in [6.07, 6.45) is 2.29. The Balaban J connectivity index is 0.000000791. The molecule has 0 bridgehead atoms. The fourth-order valence-corrected chi connectivity index (χ4v) is 2.23. The van der Waals surface area contributed by atoms with Gasteiger partial charge in [-0.1, -0.05) is 25.2 Å². The summed E-state index contributed by atoms with van der Waals surface area (Å²) in [6, 6.07) is 0. The zero-order valence-electron chi connectivity index (χ0n) is 8.57. The number of aromatic nitrogens is 1. The van der Waals surface area contributed by atoms with E-state index in [-0.39, 0.29) is 15.0 Å². The van der Waals surface area contributed by atoms with Gasteiger partial charge in [0.2, 0.25) is 0 Å². The first-order valence-electron chi connectivity index (χ1n) is 4.08. The van der Waals surface area contributed by atoms with E-state index in [1.165, 1.54) is 13.1 Å². The van der Waals surface area contributed by atoms with Gasteiger partial charge in [0.25, 0.3) is 0 Å². The second-order valence-corrected chi connectivity index (χ2v) is 5.59. The molecule has 0 saturated carbocycles. The van der Waals surface area contributed by atoms with Crippen molar-refractivity contribution in [3.8, 4) is 0 Å². The van der Waals surface area contributed by atoms with Crippen molar-refractivity contribution in [2.75, 3.05) is 6.26 Å². The Bertz CT molecular complexity index is 406. The summed E-state index contributed by atoms with van der Waals surface area (Å²) in [6.45, 7) is 5.35. The fourth-order valence-electron chi connectivity index (χ4n) is 0.594. The minimum Gasteiger partial charge on any atom is -0.292 e. The third-order valence-corrected chi connectivity index (χ3v) is 4.04. The highest BCUT2D eigenvalue weighted by Crippen LogP contribution is 2.18. The summed E-state index contributed by atoms with van der Waals surface area (Å²) in [5.74, 6) is -0.213. The second-order valence-electron chi connectivity index (χ2n) is 2.31. The van der Waals surface area contributed by atoms with Gasteiger partial charge < -0.3 is 0 Å². The van der Waals surface area contributed by atoms with Crippen molar-refractivity contribution in [2.45, 2.75) is 25.0 Å². The molecule has 0 atom stereocenters. The molecule has 0 aliphatic carbocycles. The van der Waals surface area contributed by atoms with E-state index in [2.05, 4.69) is 4.98 Å². The van der Waals surface area contributed by atoms with Crippen molar-refractivity contribution in [1.82, 2.24) is 4.98 Å². The lowest BCUT2D eigenvalue weighted by Crippen LogP contribution is -1.92. The molecule has 0 spiro atoms. The van der Waals surface area contributed by atoms with Gasteiger partial charge >= 0.3 is 0 Å². The summed E-state index contributed by atoms with van der Waals surface area (Å²) in [5, 5.41) is 0.232. The average Bonchev–Trinajstić information content (AvgIpc) is 2.54. The molecule has 0 amide bonds. The molecule has 80 valence electrons. The molecule has 0 unspecified atom stereocenters. The van der Waals surface area contributed by atoms with Crippen LogP contribution in [0.25, 0.3) is 0 Å². The molecule has 0 radical (unpaired) electrons. The van der Waals surface area contributed by atoms with Crippen LogP contribution >= 0.6 is 11.3 Å². The number of carbonyl (C=O) groups is 1. The molecule has 0 fully saturated rings. The zero-order chi connectivity index (χ0) is 11.4. The standard InChI is InChI=1S/C6H7NO3S2.C2H6/c1-4(8)6-7-3-5(11-6)12(2,9)10;1-2/h3H,1-2H3;1-2H3. The molecule has 1 heterocycles. The number of sulfone groups is 1. The van der Waals surface area contributed by atoms with Crippen molar-refractivity contribution >= 4 is 27.0 Å². The summed E-state index contributed by atoms with van der Waals surface area (Å²) >= 11 is 0.899. The molecule has 1 aromatic rings. The molecule has 6 heteroatoms. The molecule has 14 heavy (non-hydrogen) atoms. The van der Waals surface area contributed by atoms with Crippen molar-refractivity contribution in [2.24, 2.45) is 0 Å². The lowest BCUT2D eigenvalue weighted by molar-refractivity contribution is 0.101. The van der Waals surface area contributed by atoms with Gasteiger partial charge in [-0.25, -0.2) is 13.4 Å². The predicted octanol–water partition coefficient (Wildman–Crippen LogP) is 1.78. The lowest BCUT2D eigenvalue weighted by atomic mass is 10.5. The van der Waals surface area contributed by atoms with Crippen LogP contribution in [0.15, 0.2) is 10.4 Å². The molecule has 1 rings (SSSR count). The second kappa shape index (κ2) is 5.21. The van der Waals surface area contributed by atoms with E-state index >= 15 is 0 Å². The van der Waals surface area contributed by atoms with Crippen LogP contribution in [0.4, 0.5) is 0 Å². The molecule has 4 nitrogen and oxygen atoms in total. The van der Waals surface area contributed by atoms with Gasteiger partial charge in [-0.15, -0.1) is 0 Å². The van der Waals surface area contributed by atoms with E-state index in [0.717, 1.165) is 17.6 Å². The molecular weight excluding hydrogens is 222 g/mol. The average molecular weight is 235 g/mol. The van der Waals surface area contributed by atoms with Crippen LogP contribution in [-0.4, -0.2) is 25.4 Å². The topological polar surface area (TPSA) is 64.1 Å². The summed E-state index contributed by atoms with van der Waals surface area (Å²) in [5.41, 5.74) is 0. The van der Waals surface area contributed by atoms with E-state index in [9.17, 15) is 13.2 Å². The van der Waals surface area contributed by atoms with E-state index in [1.807, 2.05) is 13.8 Å².